The van der Waals surface area contributed by atoms with Crippen LogP contribution in [0, 0.1) is 4.91 Å². The Kier molecular flexibility index (Phi) is 25.7. The fourth-order valence-corrected chi connectivity index (χ4v) is 6.94. The number of quaternary nitrogens is 1. The number of nitrogens with zero attached hydrogens (tertiary/aromatic N) is 4. The van der Waals surface area contributed by atoms with Gasteiger partial charge in [0.1, 0.15) is 26.4 Å². The number of unbranched alkanes of at least 4 members (excludes halogenated alkanes) is 18. The molecule has 0 aliphatic rings. The average molecular weight is 830 g/mol. The van der Waals surface area contributed by atoms with Crippen LogP contribution in [0.25, 0.3) is 11.0 Å². The number of ether oxygens (including phenoxy) is 2. The van der Waals surface area contributed by atoms with Crippen LogP contribution in [0.4, 0.5) is 11.4 Å². The number of aromatic nitrogens is 2. The monoisotopic (exact) mass is 829 g/mol. The summed E-state index contributed by atoms with van der Waals surface area (Å²) in [6.45, 7) is 2.74. The number of carbonyl (C=O) groups is 2. The Hall–Kier alpha value is -3.01. The van der Waals surface area contributed by atoms with E-state index in [2.05, 4.69) is 22.6 Å². The van der Waals surface area contributed by atoms with Gasteiger partial charge in [-0.05, 0) is 35.6 Å². The minimum atomic E-state index is -4.41. The summed E-state index contributed by atoms with van der Waals surface area (Å²) in [5.41, 5.74) is 1.24. The van der Waals surface area contributed by atoms with Crippen molar-refractivity contribution in [1.29, 1.82) is 0 Å². The highest BCUT2D eigenvalue weighted by atomic mass is 31.2. The van der Waals surface area contributed by atoms with E-state index < -0.39 is 32.8 Å². The first kappa shape index (κ1) is 50.1. The van der Waals surface area contributed by atoms with Crippen molar-refractivity contribution in [2.75, 3.05) is 59.4 Å². The first-order chi connectivity index (χ1) is 27.3. The molecule has 0 saturated heterocycles. The van der Waals surface area contributed by atoms with Crippen LogP contribution in [-0.4, -0.2) is 102 Å². The van der Waals surface area contributed by atoms with Crippen LogP contribution < -0.4 is 10.2 Å². The van der Waals surface area contributed by atoms with Crippen molar-refractivity contribution in [2.24, 2.45) is 0 Å². The van der Waals surface area contributed by atoms with Crippen molar-refractivity contribution in [3.8, 4) is 0 Å². The number of hydrogen-bond donors (Lipinski definition) is 3. The van der Waals surface area contributed by atoms with E-state index in [9.17, 15) is 29.5 Å². The van der Waals surface area contributed by atoms with E-state index in [1.165, 1.54) is 57.4 Å². The SMILES string of the molecule is CCCCCCCCCCCCCC(=O)OC[C@H](CO[P+]([O-])(O)OCC[N+](C)(C)C)OC(=O)CCCCCCCCCCCNc1ccc([N+](=O)O)c2nonc12. The molecule has 0 spiro atoms. The fourth-order valence-electron chi connectivity index (χ4n) is 6.20. The number of phosphoric acid groups is 1. The van der Waals surface area contributed by atoms with Crippen LogP contribution in [0.1, 0.15) is 148 Å². The molecule has 0 bridgehead atoms. The molecule has 1 heterocycles. The highest BCUT2D eigenvalue weighted by molar-refractivity contribution is 7.52. The summed E-state index contributed by atoms with van der Waals surface area (Å²) in [6.07, 6.45) is 21.2. The summed E-state index contributed by atoms with van der Waals surface area (Å²) in [5, 5.41) is 20.0. The highest BCUT2D eigenvalue weighted by Gasteiger charge is 2.31. The second kappa shape index (κ2) is 29.2. The van der Waals surface area contributed by atoms with Gasteiger partial charge >= 0.3 is 25.8 Å². The predicted octanol–water partition coefficient (Wildman–Crippen LogP) is 8.26. The van der Waals surface area contributed by atoms with Crippen LogP contribution in [-0.2, 0) is 28.1 Å². The number of esters is 2. The number of carbonyl (C=O) groups excluding carboxylic acids is 2. The molecular weight excluding hydrogens is 757 g/mol. The Morgan fingerprint density at radius 1 is 0.789 bits per heavy atom. The zero-order valence-corrected chi connectivity index (χ0v) is 36.0. The van der Waals surface area contributed by atoms with Crippen LogP contribution in [0.5, 0.6) is 0 Å². The van der Waals surface area contributed by atoms with Crippen molar-refractivity contribution in [3.63, 3.8) is 0 Å². The molecule has 3 N–H and O–H groups in total. The fraction of sp³-hybridized carbons (Fsp3) is 0.800. The van der Waals surface area contributed by atoms with E-state index in [0.29, 0.717) is 28.7 Å². The Labute approximate surface area is 340 Å². The zero-order chi connectivity index (χ0) is 41.8. The molecule has 57 heavy (non-hydrogen) atoms. The number of rotatable bonds is 36. The Morgan fingerprint density at radius 2 is 1.32 bits per heavy atom. The minimum Gasteiger partial charge on any atom is -0.606 e. The highest BCUT2D eigenvalue weighted by Crippen LogP contribution is 2.47. The van der Waals surface area contributed by atoms with Gasteiger partial charge in [0.05, 0.1) is 31.7 Å². The van der Waals surface area contributed by atoms with Crippen LogP contribution in [0.3, 0.4) is 0 Å². The maximum atomic E-state index is 12.7. The normalized spacial score (nSPS) is 13.4. The average Bonchev–Trinajstić information content (AvgIpc) is 3.65. The molecule has 0 fully saturated rings. The molecule has 0 radical (unpaired) electrons. The molecule has 16 nitrogen and oxygen atoms in total. The minimum absolute atomic E-state index is 0.00707. The lowest BCUT2D eigenvalue weighted by Crippen LogP contribution is -2.38. The van der Waals surface area contributed by atoms with Gasteiger partial charge in [-0.25, -0.2) is 9.84 Å². The smallest absolute Gasteiger partial charge is 0.377 e. The van der Waals surface area contributed by atoms with Crippen molar-refractivity contribution >= 4 is 42.5 Å². The number of nitrogens with one attached hydrogen (secondary N) is 1. The molecular formula is C40H72N5O11P+2. The number of likely N-dealkylation sites (N-methyl/N-ethyl adjacent to an activating group) is 1. The molecule has 0 aliphatic carbocycles. The molecule has 1 aromatic carbocycles. The molecule has 0 saturated carbocycles. The van der Waals surface area contributed by atoms with Crippen LogP contribution >= 0.6 is 8.17 Å². The molecule has 326 valence electrons. The summed E-state index contributed by atoms with van der Waals surface area (Å²) >= 11 is 0. The van der Waals surface area contributed by atoms with Crippen LogP contribution in [0.2, 0.25) is 0 Å². The first-order valence-corrected chi connectivity index (χ1v) is 22.7. The quantitative estimate of drug-likeness (QED) is 0.0194. The Bertz CT molecular complexity index is 1410. The molecule has 1 unspecified atom stereocenters. The lowest BCUT2D eigenvalue weighted by atomic mass is 10.1. The molecule has 0 amide bonds. The molecule has 2 rings (SSSR count). The van der Waals surface area contributed by atoms with E-state index in [0.717, 1.165) is 77.2 Å². The summed E-state index contributed by atoms with van der Waals surface area (Å²) in [5.74, 6) is -0.875. The molecule has 17 heteroatoms. The van der Waals surface area contributed by atoms with Gasteiger partial charge < -0.3 is 24.2 Å². The summed E-state index contributed by atoms with van der Waals surface area (Å²) < 4.78 is 26.5. The van der Waals surface area contributed by atoms with E-state index in [4.69, 9.17) is 23.2 Å². The third-order valence-corrected chi connectivity index (χ3v) is 10.6. The van der Waals surface area contributed by atoms with E-state index >= 15 is 0 Å². The van der Waals surface area contributed by atoms with Gasteiger partial charge in [0.25, 0.3) is 4.92 Å². The third kappa shape index (κ3) is 24.5. The second-order valence-electron chi connectivity index (χ2n) is 15.9. The van der Waals surface area contributed by atoms with Crippen molar-refractivity contribution < 1.29 is 57.1 Å². The topological polar surface area (TPSA) is 206 Å². The lowest BCUT2D eigenvalue weighted by molar-refractivity contribution is -0.870. The van der Waals surface area contributed by atoms with Crippen molar-refractivity contribution in [1.82, 2.24) is 10.3 Å². The summed E-state index contributed by atoms with van der Waals surface area (Å²) in [7, 11) is 1.39. The second-order valence-corrected chi connectivity index (χ2v) is 17.4. The van der Waals surface area contributed by atoms with Gasteiger partial charge in [0.15, 0.2) is 11.6 Å². The van der Waals surface area contributed by atoms with Gasteiger partial charge in [0, 0.05) is 25.5 Å². The van der Waals surface area contributed by atoms with Gasteiger partial charge in [-0.2, -0.15) is 13.9 Å². The van der Waals surface area contributed by atoms with Crippen molar-refractivity contribution in [2.45, 2.75) is 154 Å². The number of hydrogen-bond acceptors (Lipinski definition) is 13. The number of benzene rings is 1. The summed E-state index contributed by atoms with van der Waals surface area (Å²) in [4.78, 5) is 58.9. The van der Waals surface area contributed by atoms with Gasteiger partial charge in [-0.15, -0.1) is 0 Å². The number of fused-ring (bicyclic) bond motifs is 1. The third-order valence-electron chi connectivity index (χ3n) is 9.63. The predicted molar refractivity (Wildman–Crippen MR) is 217 cm³/mol. The zero-order valence-electron chi connectivity index (χ0n) is 35.1. The molecule has 2 atom stereocenters. The number of anilines is 1. The maximum Gasteiger partial charge on any atom is 0.377 e. The lowest BCUT2D eigenvalue weighted by Gasteiger charge is -2.26. The van der Waals surface area contributed by atoms with Crippen molar-refractivity contribution in [3.05, 3.63) is 17.0 Å². The largest absolute Gasteiger partial charge is 0.606 e. The standard InChI is InChI=1S/C40H71N5O11P/c1-5-6-7-8-9-10-11-13-16-19-22-25-37(46)52-32-34(33-54-57(50,51)53-31-30-45(2,3)4)55-38(47)26-23-20-17-14-12-15-18-21-24-29-41-35-27-28-36(44(48)49)40-39(35)42-56-43-40/h27-28,34H,5-26,29-33H2,1-4H3,(H2-,41,43,48,49,50,51)/q+1/p+1/t34-/m1/s1. The summed E-state index contributed by atoms with van der Waals surface area (Å²) in [6, 6.07) is 3.12. The van der Waals surface area contributed by atoms with E-state index in [-0.39, 0.29) is 42.2 Å². The van der Waals surface area contributed by atoms with Gasteiger partial charge in [0.2, 0.25) is 5.52 Å². The molecule has 0 aliphatic heterocycles. The first-order valence-electron chi connectivity index (χ1n) is 21.2. The maximum absolute atomic E-state index is 12.7. The van der Waals surface area contributed by atoms with E-state index in [1.807, 2.05) is 21.1 Å². The van der Waals surface area contributed by atoms with E-state index in [1.54, 1.807) is 6.07 Å². The van der Waals surface area contributed by atoms with Crippen LogP contribution in [0.15, 0.2) is 16.8 Å². The Balaban J connectivity index is 1.61. The van der Waals surface area contributed by atoms with Gasteiger partial charge in [-0.3, -0.25) is 9.59 Å². The Morgan fingerprint density at radius 3 is 1.88 bits per heavy atom. The number of phosphoric ester groups is 1. The molecule has 1 aromatic heterocycles. The molecule has 2 aromatic rings. The van der Waals surface area contributed by atoms with Gasteiger partial charge in [-0.1, -0.05) is 116 Å².